The molecule has 1 aromatic rings. The smallest absolute Gasteiger partial charge is 0.403 e. The molecule has 0 aliphatic rings. The highest BCUT2D eigenvalue weighted by molar-refractivity contribution is 7.90. The lowest BCUT2D eigenvalue weighted by Crippen LogP contribution is -2.39. The van der Waals surface area contributed by atoms with Crippen molar-refractivity contribution in [1.82, 2.24) is 4.72 Å². The van der Waals surface area contributed by atoms with Gasteiger partial charge in [-0.2, -0.15) is 0 Å². The minimum absolute atomic E-state index is 0.305. The van der Waals surface area contributed by atoms with E-state index in [1.165, 1.54) is 6.07 Å². The van der Waals surface area contributed by atoms with Gasteiger partial charge in [-0.1, -0.05) is 6.42 Å². The molecule has 5 nitrogen and oxygen atoms in total. The number of halogens is 4. The highest BCUT2D eigenvalue weighted by atomic mass is 32.2. The van der Waals surface area contributed by atoms with E-state index in [1.54, 1.807) is 20.8 Å². The highest BCUT2D eigenvalue weighted by Crippen LogP contribution is 2.28. The molecule has 0 heterocycles. The summed E-state index contributed by atoms with van der Waals surface area (Å²) in [5.41, 5.74) is 0.305. The Bertz CT molecular complexity index is 686. The lowest BCUT2D eigenvalue weighted by atomic mass is 10.2. The van der Waals surface area contributed by atoms with Gasteiger partial charge in [0.1, 0.15) is 0 Å². The Morgan fingerprint density at radius 3 is 2.23 bits per heavy atom. The number of alkyl halides is 3. The van der Waals surface area contributed by atoms with E-state index in [1.807, 2.05) is 0 Å². The van der Waals surface area contributed by atoms with E-state index in [4.69, 9.17) is 0 Å². The molecule has 0 amide bonds. The first-order valence-electron chi connectivity index (χ1n) is 8.10. The van der Waals surface area contributed by atoms with Crippen LogP contribution < -0.4 is 14.8 Å². The molecule has 0 aromatic heterocycles. The lowest BCUT2D eigenvalue weighted by Gasteiger charge is -2.19. The van der Waals surface area contributed by atoms with Gasteiger partial charge in [0, 0.05) is 24.8 Å². The molecule has 0 atom stereocenters. The van der Waals surface area contributed by atoms with Gasteiger partial charge in [0.2, 0.25) is 10.0 Å². The molecule has 0 aliphatic heterocycles. The van der Waals surface area contributed by atoms with Gasteiger partial charge in [0.15, 0.2) is 11.6 Å². The van der Waals surface area contributed by atoms with E-state index in [2.05, 4.69) is 14.8 Å². The van der Waals surface area contributed by atoms with Crippen LogP contribution in [0.4, 0.5) is 23.2 Å². The normalized spacial score (nSPS) is 12.9. The van der Waals surface area contributed by atoms with Crippen LogP contribution in [0.5, 0.6) is 5.75 Å². The fourth-order valence-corrected chi connectivity index (χ4v) is 2.74. The van der Waals surface area contributed by atoms with Gasteiger partial charge in [-0.15, -0.1) is 13.2 Å². The Morgan fingerprint density at radius 1 is 1.04 bits per heavy atom. The molecular weight excluding hydrogens is 376 g/mol. The highest BCUT2D eigenvalue weighted by Gasteiger charge is 2.32. The number of rotatable bonds is 9. The minimum Gasteiger partial charge on any atom is -0.403 e. The zero-order chi connectivity index (χ0) is 20.0. The fraction of sp³-hybridized carbons (Fsp3) is 0.625. The van der Waals surface area contributed by atoms with E-state index in [9.17, 15) is 26.0 Å². The average Bonchev–Trinajstić information content (AvgIpc) is 2.46. The van der Waals surface area contributed by atoms with E-state index in [0.29, 0.717) is 38.0 Å². The largest absolute Gasteiger partial charge is 0.573 e. The Morgan fingerprint density at radius 2 is 1.65 bits per heavy atom. The molecule has 1 rings (SSSR count). The number of hydrogen-bond donors (Lipinski definition) is 2. The van der Waals surface area contributed by atoms with Crippen LogP contribution >= 0.6 is 0 Å². The summed E-state index contributed by atoms with van der Waals surface area (Å²) >= 11 is 0. The summed E-state index contributed by atoms with van der Waals surface area (Å²) in [5, 5.41) is 2.88. The molecule has 10 heteroatoms. The molecule has 0 saturated carbocycles. The Balaban J connectivity index is 2.33. The van der Waals surface area contributed by atoms with Crippen LogP contribution in [0.3, 0.4) is 0 Å². The van der Waals surface area contributed by atoms with Gasteiger partial charge in [-0.3, -0.25) is 0 Å². The van der Waals surface area contributed by atoms with Gasteiger partial charge in [0.05, 0.1) is 4.75 Å². The maximum atomic E-state index is 13.3. The molecule has 0 bridgehead atoms. The van der Waals surface area contributed by atoms with Gasteiger partial charge in [0.25, 0.3) is 0 Å². The number of sulfonamides is 1. The second kappa shape index (κ2) is 8.90. The van der Waals surface area contributed by atoms with Crippen molar-refractivity contribution in [2.75, 3.05) is 18.4 Å². The number of unbranched alkanes of at least 4 members (excludes halogenated alkanes) is 2. The van der Waals surface area contributed by atoms with Crippen LogP contribution in [0, 0.1) is 5.82 Å². The van der Waals surface area contributed by atoms with Crippen molar-refractivity contribution in [1.29, 1.82) is 0 Å². The molecule has 150 valence electrons. The number of benzene rings is 1. The van der Waals surface area contributed by atoms with Crippen molar-refractivity contribution >= 4 is 15.7 Å². The standard InChI is InChI=1S/C16H24F4N2O3S/c1-15(2,3)26(23,24)22-10-6-4-5-9-21-12-7-8-13(17)14(11-12)25-16(18,19)20/h7-8,11,21-22H,4-6,9-10H2,1-3H3. The third kappa shape index (κ3) is 7.77. The molecule has 0 unspecified atom stereocenters. The lowest BCUT2D eigenvalue weighted by molar-refractivity contribution is -0.275. The summed E-state index contributed by atoms with van der Waals surface area (Å²) in [6, 6.07) is 3.15. The molecule has 26 heavy (non-hydrogen) atoms. The van der Waals surface area contributed by atoms with E-state index < -0.39 is 32.7 Å². The SMILES string of the molecule is CC(C)(C)S(=O)(=O)NCCCCCNc1ccc(F)c(OC(F)(F)F)c1. The summed E-state index contributed by atoms with van der Waals surface area (Å²) < 4.78 is 78.8. The van der Waals surface area contributed by atoms with Crippen LogP contribution in [0.1, 0.15) is 40.0 Å². The predicted molar refractivity (Wildman–Crippen MR) is 92.1 cm³/mol. The third-order valence-electron chi connectivity index (χ3n) is 3.44. The monoisotopic (exact) mass is 400 g/mol. The number of nitrogens with one attached hydrogen (secondary N) is 2. The Labute approximate surface area is 151 Å². The topological polar surface area (TPSA) is 67.4 Å². The van der Waals surface area contributed by atoms with Crippen LogP contribution in [0.15, 0.2) is 18.2 Å². The number of hydrogen-bond acceptors (Lipinski definition) is 4. The Kier molecular flexibility index (Phi) is 7.70. The maximum absolute atomic E-state index is 13.3. The number of ether oxygens (including phenoxy) is 1. The van der Waals surface area contributed by atoms with E-state index in [0.717, 1.165) is 12.1 Å². The average molecular weight is 400 g/mol. The predicted octanol–water partition coefficient (Wildman–Crippen LogP) is 4.02. The summed E-state index contributed by atoms with van der Waals surface area (Å²) in [5.74, 6) is -1.99. The van der Waals surface area contributed by atoms with Crippen molar-refractivity contribution in [2.24, 2.45) is 0 Å². The first-order chi connectivity index (χ1) is 11.8. The molecule has 1 aromatic carbocycles. The van der Waals surface area contributed by atoms with Crippen LogP contribution in [0.25, 0.3) is 0 Å². The maximum Gasteiger partial charge on any atom is 0.573 e. The molecule has 0 aliphatic carbocycles. The molecule has 0 saturated heterocycles. The molecule has 2 N–H and O–H groups in total. The van der Waals surface area contributed by atoms with Crippen molar-refractivity contribution in [3.8, 4) is 5.75 Å². The number of anilines is 1. The second-order valence-electron chi connectivity index (χ2n) is 6.69. The molecular formula is C16H24F4N2O3S. The third-order valence-corrected chi connectivity index (χ3v) is 5.63. The second-order valence-corrected chi connectivity index (χ2v) is 9.21. The first-order valence-corrected chi connectivity index (χ1v) is 9.58. The van der Waals surface area contributed by atoms with E-state index >= 15 is 0 Å². The first kappa shape index (κ1) is 22.5. The molecule has 0 spiro atoms. The zero-order valence-electron chi connectivity index (χ0n) is 14.9. The summed E-state index contributed by atoms with van der Waals surface area (Å²) in [4.78, 5) is 0. The summed E-state index contributed by atoms with van der Waals surface area (Å²) in [7, 11) is -3.36. The summed E-state index contributed by atoms with van der Waals surface area (Å²) in [6.45, 7) is 5.60. The van der Waals surface area contributed by atoms with Crippen LogP contribution in [0.2, 0.25) is 0 Å². The van der Waals surface area contributed by atoms with Gasteiger partial charge in [-0.05, 0) is 45.7 Å². The minimum atomic E-state index is -4.96. The van der Waals surface area contributed by atoms with Gasteiger partial charge < -0.3 is 10.1 Å². The van der Waals surface area contributed by atoms with Gasteiger partial charge >= 0.3 is 6.36 Å². The van der Waals surface area contributed by atoms with Crippen LogP contribution in [-0.2, 0) is 10.0 Å². The van der Waals surface area contributed by atoms with Crippen molar-refractivity contribution in [3.63, 3.8) is 0 Å². The van der Waals surface area contributed by atoms with Gasteiger partial charge in [-0.25, -0.2) is 17.5 Å². The van der Waals surface area contributed by atoms with E-state index in [-0.39, 0.29) is 0 Å². The summed E-state index contributed by atoms with van der Waals surface area (Å²) in [6.07, 6.45) is -2.94. The van der Waals surface area contributed by atoms with Crippen molar-refractivity contribution in [3.05, 3.63) is 24.0 Å². The molecule has 0 fully saturated rings. The molecule has 0 radical (unpaired) electrons. The quantitative estimate of drug-likeness (QED) is 0.485. The van der Waals surface area contributed by atoms with Crippen molar-refractivity contribution < 1.29 is 30.7 Å². The fourth-order valence-electron chi connectivity index (χ4n) is 1.90. The van der Waals surface area contributed by atoms with Crippen LogP contribution in [-0.4, -0.2) is 32.6 Å². The zero-order valence-corrected chi connectivity index (χ0v) is 15.7. The Hall–Kier alpha value is -1.55. The van der Waals surface area contributed by atoms with Crippen molar-refractivity contribution in [2.45, 2.75) is 51.1 Å².